The van der Waals surface area contributed by atoms with Crippen LogP contribution >= 0.6 is 0 Å². The van der Waals surface area contributed by atoms with E-state index in [0.29, 0.717) is 30.4 Å². The SMILES string of the molecule is CC(=O)N1CCN(S(=O)(=O)c2ccc(-c3ccnc(NC(=O)C4(c5ccc6c(c5)OCO6)CC4)c3)cc2)CC1. The first-order valence-corrected chi connectivity index (χ1v) is 14.2. The van der Waals surface area contributed by atoms with Crippen molar-refractivity contribution in [2.45, 2.75) is 30.1 Å². The van der Waals surface area contributed by atoms with Crippen molar-refractivity contribution in [3.05, 3.63) is 66.4 Å². The number of carbonyl (C=O) groups excluding carboxylic acids is 2. The Morgan fingerprint density at radius 3 is 2.31 bits per heavy atom. The van der Waals surface area contributed by atoms with Crippen molar-refractivity contribution in [2.24, 2.45) is 0 Å². The highest BCUT2D eigenvalue weighted by molar-refractivity contribution is 7.89. The van der Waals surface area contributed by atoms with Crippen LogP contribution in [0.2, 0.25) is 0 Å². The van der Waals surface area contributed by atoms with E-state index in [1.54, 1.807) is 41.4 Å². The molecule has 0 bridgehead atoms. The minimum Gasteiger partial charge on any atom is -0.454 e. The number of ether oxygens (including phenoxy) is 2. The molecule has 0 unspecified atom stereocenters. The van der Waals surface area contributed by atoms with Crippen LogP contribution in [0.4, 0.5) is 5.82 Å². The Morgan fingerprint density at radius 1 is 0.897 bits per heavy atom. The van der Waals surface area contributed by atoms with Crippen molar-refractivity contribution in [3.8, 4) is 22.6 Å². The molecule has 202 valence electrons. The average molecular weight is 549 g/mol. The third kappa shape index (κ3) is 4.72. The van der Waals surface area contributed by atoms with E-state index >= 15 is 0 Å². The monoisotopic (exact) mass is 548 g/mol. The fraction of sp³-hybridized carbons (Fsp3) is 0.321. The maximum atomic E-state index is 13.3. The molecule has 1 aromatic heterocycles. The van der Waals surface area contributed by atoms with Gasteiger partial charge in [-0.25, -0.2) is 13.4 Å². The molecule has 0 spiro atoms. The van der Waals surface area contributed by atoms with E-state index in [2.05, 4.69) is 10.3 Å². The zero-order valence-corrected chi connectivity index (χ0v) is 22.2. The van der Waals surface area contributed by atoms with E-state index in [9.17, 15) is 18.0 Å². The molecule has 1 aliphatic carbocycles. The smallest absolute Gasteiger partial charge is 0.243 e. The summed E-state index contributed by atoms with van der Waals surface area (Å²) < 4.78 is 38.5. The molecule has 2 amide bonds. The first kappa shape index (κ1) is 25.3. The summed E-state index contributed by atoms with van der Waals surface area (Å²) in [6.45, 7) is 2.97. The highest BCUT2D eigenvalue weighted by Gasteiger charge is 2.51. The Balaban J connectivity index is 1.15. The molecule has 39 heavy (non-hydrogen) atoms. The van der Waals surface area contributed by atoms with Gasteiger partial charge in [0, 0.05) is 39.3 Å². The topological polar surface area (TPSA) is 118 Å². The molecule has 1 saturated carbocycles. The van der Waals surface area contributed by atoms with Crippen LogP contribution in [0.1, 0.15) is 25.3 Å². The minimum atomic E-state index is -3.66. The van der Waals surface area contributed by atoms with Gasteiger partial charge in [0.15, 0.2) is 11.5 Å². The lowest BCUT2D eigenvalue weighted by Gasteiger charge is -2.33. The molecule has 2 aromatic carbocycles. The summed E-state index contributed by atoms with van der Waals surface area (Å²) in [5.74, 6) is 1.57. The van der Waals surface area contributed by atoms with Crippen LogP contribution in [0.15, 0.2) is 65.7 Å². The van der Waals surface area contributed by atoms with Crippen LogP contribution in [0.25, 0.3) is 11.1 Å². The quantitative estimate of drug-likeness (QED) is 0.503. The Labute approximate surface area is 226 Å². The zero-order chi connectivity index (χ0) is 27.2. The van der Waals surface area contributed by atoms with Crippen molar-refractivity contribution < 1.29 is 27.5 Å². The molecule has 2 aliphatic heterocycles. The van der Waals surface area contributed by atoms with Gasteiger partial charge in [0.05, 0.1) is 10.3 Å². The van der Waals surface area contributed by atoms with E-state index in [-0.39, 0.29) is 36.6 Å². The highest BCUT2D eigenvalue weighted by atomic mass is 32.2. The van der Waals surface area contributed by atoms with Gasteiger partial charge in [-0.1, -0.05) is 18.2 Å². The number of hydrogen-bond donors (Lipinski definition) is 1. The summed E-state index contributed by atoms with van der Waals surface area (Å²) in [4.78, 5) is 31.0. The highest BCUT2D eigenvalue weighted by Crippen LogP contribution is 2.51. The van der Waals surface area contributed by atoms with Gasteiger partial charge in [-0.3, -0.25) is 9.59 Å². The number of aromatic nitrogens is 1. The number of piperazine rings is 1. The molecule has 1 saturated heterocycles. The average Bonchev–Trinajstić information content (AvgIpc) is 3.64. The number of sulfonamides is 1. The van der Waals surface area contributed by atoms with Gasteiger partial charge in [-0.15, -0.1) is 0 Å². The van der Waals surface area contributed by atoms with Crippen LogP contribution in [-0.2, 0) is 25.0 Å². The summed E-state index contributed by atoms with van der Waals surface area (Å²) in [5, 5.41) is 2.96. The van der Waals surface area contributed by atoms with Gasteiger partial charge in [0.2, 0.25) is 28.6 Å². The first-order valence-electron chi connectivity index (χ1n) is 12.8. The van der Waals surface area contributed by atoms with Crippen molar-refractivity contribution in [2.75, 3.05) is 38.3 Å². The lowest BCUT2D eigenvalue weighted by molar-refractivity contribution is -0.130. The number of rotatable bonds is 6. The standard InChI is InChI=1S/C28H28N4O6S/c1-19(33)31-12-14-32(15-13-31)39(35,36)23-5-2-20(3-6-23)21-8-11-29-26(16-21)30-27(34)28(9-10-28)22-4-7-24-25(17-22)38-18-37-24/h2-8,11,16-17H,9-10,12-15,18H2,1H3,(H,29,30,34). The Kier molecular flexibility index (Phi) is 6.27. The van der Waals surface area contributed by atoms with Crippen LogP contribution in [0, 0.1) is 0 Å². The van der Waals surface area contributed by atoms with Gasteiger partial charge in [0.1, 0.15) is 5.82 Å². The number of pyridine rings is 1. The van der Waals surface area contributed by atoms with Crippen molar-refractivity contribution in [3.63, 3.8) is 0 Å². The fourth-order valence-electron chi connectivity index (χ4n) is 5.09. The number of nitrogens with one attached hydrogen (secondary N) is 1. The van der Waals surface area contributed by atoms with E-state index in [4.69, 9.17) is 9.47 Å². The maximum Gasteiger partial charge on any atom is 0.243 e. The second kappa shape index (κ2) is 9.65. The molecular weight excluding hydrogens is 520 g/mol. The van der Waals surface area contributed by atoms with Crippen molar-refractivity contribution in [1.29, 1.82) is 0 Å². The van der Waals surface area contributed by atoms with E-state index in [1.165, 1.54) is 11.2 Å². The first-order chi connectivity index (χ1) is 18.8. The van der Waals surface area contributed by atoms with Gasteiger partial charge >= 0.3 is 0 Å². The zero-order valence-electron chi connectivity index (χ0n) is 21.4. The van der Waals surface area contributed by atoms with Gasteiger partial charge in [-0.05, 0) is 65.9 Å². The number of amides is 2. The van der Waals surface area contributed by atoms with E-state index in [1.807, 2.05) is 24.3 Å². The summed E-state index contributed by atoms with van der Waals surface area (Å²) in [7, 11) is -3.66. The fourth-order valence-corrected chi connectivity index (χ4v) is 6.51. The van der Waals surface area contributed by atoms with Crippen LogP contribution in [0.3, 0.4) is 0 Å². The predicted octanol–water partition coefficient (Wildman–Crippen LogP) is 3.00. The number of anilines is 1. The van der Waals surface area contributed by atoms with E-state index < -0.39 is 15.4 Å². The minimum absolute atomic E-state index is 0.0513. The molecule has 1 N–H and O–H groups in total. The molecule has 3 aromatic rings. The van der Waals surface area contributed by atoms with Gasteiger partial charge < -0.3 is 19.7 Å². The molecule has 10 nitrogen and oxygen atoms in total. The van der Waals surface area contributed by atoms with Gasteiger partial charge in [-0.2, -0.15) is 4.31 Å². The van der Waals surface area contributed by atoms with Gasteiger partial charge in [0.25, 0.3) is 0 Å². The predicted molar refractivity (Wildman–Crippen MR) is 143 cm³/mol. The summed E-state index contributed by atoms with van der Waals surface area (Å²) in [6, 6.07) is 15.9. The molecule has 6 rings (SSSR count). The van der Waals surface area contributed by atoms with E-state index in [0.717, 1.165) is 29.5 Å². The maximum absolute atomic E-state index is 13.3. The lowest BCUT2D eigenvalue weighted by atomic mass is 9.94. The van der Waals surface area contributed by atoms with Crippen LogP contribution < -0.4 is 14.8 Å². The summed E-state index contributed by atoms with van der Waals surface area (Å²) in [5.41, 5.74) is 1.86. The molecule has 11 heteroatoms. The number of hydrogen-bond acceptors (Lipinski definition) is 7. The molecule has 3 aliphatic rings. The lowest BCUT2D eigenvalue weighted by Crippen LogP contribution is -2.49. The largest absolute Gasteiger partial charge is 0.454 e. The Hall–Kier alpha value is -3.96. The second-order valence-electron chi connectivity index (χ2n) is 9.97. The van der Waals surface area contributed by atoms with Crippen LogP contribution in [0.5, 0.6) is 11.5 Å². The molecule has 0 atom stereocenters. The Bertz CT molecular complexity index is 1540. The molecule has 2 fully saturated rings. The summed E-state index contributed by atoms with van der Waals surface area (Å²) in [6.07, 6.45) is 3.08. The van der Waals surface area contributed by atoms with Crippen LogP contribution in [-0.4, -0.2) is 67.4 Å². The third-order valence-corrected chi connectivity index (χ3v) is 9.53. The molecule has 3 heterocycles. The number of nitrogens with zero attached hydrogens (tertiary/aromatic N) is 3. The van der Waals surface area contributed by atoms with Crippen molar-refractivity contribution in [1.82, 2.24) is 14.2 Å². The Morgan fingerprint density at radius 2 is 1.62 bits per heavy atom. The third-order valence-electron chi connectivity index (χ3n) is 7.62. The summed E-state index contributed by atoms with van der Waals surface area (Å²) >= 11 is 0. The van der Waals surface area contributed by atoms with Crippen molar-refractivity contribution >= 4 is 27.7 Å². The number of carbonyl (C=O) groups is 2. The number of benzene rings is 2. The molecular formula is C28H28N4O6S. The normalized spacial score (nSPS) is 18.0. The molecule has 0 radical (unpaired) electrons. The number of fused-ring (bicyclic) bond motifs is 1. The second-order valence-corrected chi connectivity index (χ2v) is 11.9.